The first-order valence-corrected chi connectivity index (χ1v) is 8.52. The van der Waals surface area contributed by atoms with Crippen LogP contribution in [0.2, 0.25) is 0 Å². The van der Waals surface area contributed by atoms with Gasteiger partial charge in [-0.3, -0.25) is 4.90 Å². The number of rotatable bonds is 8. The van der Waals surface area contributed by atoms with Gasteiger partial charge in [-0.1, -0.05) is 65.8 Å². The minimum atomic E-state index is 0.0627. The number of hydrogen-bond donors (Lipinski definition) is 1. The Morgan fingerprint density at radius 2 is 1.60 bits per heavy atom. The number of nitrogens with zero attached hydrogens (tertiary/aromatic N) is 3. The molecule has 1 aromatic heterocycles. The van der Waals surface area contributed by atoms with Crippen LogP contribution in [0.15, 0.2) is 65.2 Å². The molecule has 0 radical (unpaired) electrons. The fraction of sp³-hybridized carbons (Fsp3) is 0.300. The number of hydrogen-bond acceptors (Lipinski definition) is 5. The molecule has 0 spiro atoms. The number of aromatic nitrogens is 2. The number of benzene rings is 2. The highest BCUT2D eigenvalue weighted by atomic mass is 16.5. The van der Waals surface area contributed by atoms with Gasteiger partial charge < -0.3 is 9.63 Å². The lowest BCUT2D eigenvalue weighted by molar-refractivity contribution is 0.181. The Morgan fingerprint density at radius 1 is 1.00 bits per heavy atom. The minimum absolute atomic E-state index is 0.0627. The fourth-order valence-corrected chi connectivity index (χ4v) is 3.05. The van der Waals surface area contributed by atoms with E-state index in [2.05, 4.69) is 39.3 Å². The summed E-state index contributed by atoms with van der Waals surface area (Å²) in [6.45, 7) is 3.24. The first kappa shape index (κ1) is 17.3. The van der Waals surface area contributed by atoms with E-state index < -0.39 is 0 Å². The van der Waals surface area contributed by atoms with Gasteiger partial charge in [0.15, 0.2) is 5.82 Å². The van der Waals surface area contributed by atoms with Crippen molar-refractivity contribution in [3.63, 3.8) is 0 Å². The average Bonchev–Trinajstić information content (AvgIpc) is 3.06. The van der Waals surface area contributed by atoms with Crippen molar-refractivity contribution in [1.29, 1.82) is 0 Å². The zero-order valence-corrected chi connectivity index (χ0v) is 14.4. The summed E-state index contributed by atoms with van der Waals surface area (Å²) < 4.78 is 5.12. The van der Waals surface area contributed by atoms with Gasteiger partial charge >= 0.3 is 0 Å². The van der Waals surface area contributed by atoms with Crippen molar-refractivity contribution in [2.24, 2.45) is 0 Å². The predicted octanol–water partition coefficient (Wildman–Crippen LogP) is 3.35. The molecule has 3 rings (SSSR count). The van der Waals surface area contributed by atoms with Crippen LogP contribution in [-0.2, 0) is 6.54 Å². The van der Waals surface area contributed by atoms with E-state index in [9.17, 15) is 5.11 Å². The van der Waals surface area contributed by atoms with Crippen molar-refractivity contribution in [1.82, 2.24) is 15.0 Å². The molecule has 130 valence electrons. The molecule has 1 heterocycles. The van der Waals surface area contributed by atoms with Gasteiger partial charge in [0.1, 0.15) is 0 Å². The lowest BCUT2D eigenvalue weighted by Gasteiger charge is -2.31. The molecule has 5 nitrogen and oxygen atoms in total. The minimum Gasteiger partial charge on any atom is -0.396 e. The van der Waals surface area contributed by atoms with E-state index in [1.54, 1.807) is 6.92 Å². The summed E-state index contributed by atoms with van der Waals surface area (Å²) in [5.41, 5.74) is 2.40. The van der Waals surface area contributed by atoms with Crippen LogP contribution in [0.1, 0.15) is 35.3 Å². The van der Waals surface area contributed by atoms with Crippen molar-refractivity contribution >= 4 is 0 Å². The Hall–Kier alpha value is -2.50. The van der Waals surface area contributed by atoms with Crippen LogP contribution < -0.4 is 0 Å². The van der Waals surface area contributed by atoms with E-state index in [0.29, 0.717) is 24.7 Å². The van der Waals surface area contributed by atoms with Crippen LogP contribution >= 0.6 is 0 Å². The van der Waals surface area contributed by atoms with Crippen LogP contribution in [0, 0.1) is 6.92 Å². The SMILES string of the molecule is Cc1nc(CN(CCCO)C(c2ccccc2)c2ccccc2)no1. The van der Waals surface area contributed by atoms with Crippen LogP contribution in [0.25, 0.3) is 0 Å². The van der Waals surface area contributed by atoms with E-state index >= 15 is 0 Å². The molecule has 0 unspecified atom stereocenters. The predicted molar refractivity (Wildman–Crippen MR) is 95.9 cm³/mol. The maximum absolute atomic E-state index is 9.33. The summed E-state index contributed by atoms with van der Waals surface area (Å²) in [7, 11) is 0. The van der Waals surface area contributed by atoms with Gasteiger partial charge in [-0.05, 0) is 17.5 Å². The summed E-state index contributed by atoms with van der Waals surface area (Å²) in [5.74, 6) is 1.22. The zero-order valence-electron chi connectivity index (χ0n) is 14.4. The third-order valence-electron chi connectivity index (χ3n) is 4.11. The van der Waals surface area contributed by atoms with E-state index in [4.69, 9.17) is 4.52 Å². The van der Waals surface area contributed by atoms with E-state index in [0.717, 1.165) is 6.54 Å². The molecule has 1 N–H and O–H groups in total. The molecule has 0 aliphatic rings. The highest BCUT2D eigenvalue weighted by molar-refractivity contribution is 5.31. The summed E-state index contributed by atoms with van der Waals surface area (Å²) in [6.07, 6.45) is 0.688. The molecule has 0 amide bonds. The standard InChI is InChI=1S/C20H23N3O2/c1-16-21-19(22-25-16)15-23(13-8-14-24)20(17-9-4-2-5-10-17)18-11-6-3-7-12-18/h2-7,9-12,20,24H,8,13-15H2,1H3. The maximum Gasteiger partial charge on any atom is 0.223 e. The molecule has 0 saturated heterocycles. The van der Waals surface area contributed by atoms with Crippen LogP contribution in [0.4, 0.5) is 0 Å². The molecule has 25 heavy (non-hydrogen) atoms. The third-order valence-corrected chi connectivity index (χ3v) is 4.11. The normalized spacial score (nSPS) is 11.4. The van der Waals surface area contributed by atoms with Crippen molar-refractivity contribution in [3.05, 3.63) is 83.5 Å². The number of aryl methyl sites for hydroxylation is 1. The molecule has 0 atom stereocenters. The lowest BCUT2D eigenvalue weighted by Crippen LogP contribution is -2.31. The van der Waals surface area contributed by atoms with E-state index in [1.807, 2.05) is 36.4 Å². The van der Waals surface area contributed by atoms with Gasteiger partial charge in [-0.25, -0.2) is 0 Å². The fourth-order valence-electron chi connectivity index (χ4n) is 3.05. The number of aliphatic hydroxyl groups excluding tert-OH is 1. The van der Waals surface area contributed by atoms with Crippen molar-refractivity contribution in [3.8, 4) is 0 Å². The van der Waals surface area contributed by atoms with Gasteiger partial charge in [-0.2, -0.15) is 4.98 Å². The Morgan fingerprint density at radius 3 is 2.08 bits per heavy atom. The second-order valence-corrected chi connectivity index (χ2v) is 6.00. The smallest absolute Gasteiger partial charge is 0.223 e. The van der Waals surface area contributed by atoms with Crippen molar-refractivity contribution < 1.29 is 9.63 Å². The third kappa shape index (κ3) is 4.53. The number of aliphatic hydroxyl groups is 1. The molecule has 0 fully saturated rings. The largest absolute Gasteiger partial charge is 0.396 e. The van der Waals surface area contributed by atoms with Gasteiger partial charge in [0.2, 0.25) is 5.89 Å². The molecule has 2 aromatic carbocycles. The lowest BCUT2D eigenvalue weighted by atomic mass is 9.96. The Balaban J connectivity index is 1.96. The van der Waals surface area contributed by atoms with Crippen molar-refractivity contribution in [2.75, 3.05) is 13.2 Å². The van der Waals surface area contributed by atoms with Gasteiger partial charge in [0.05, 0.1) is 12.6 Å². The summed E-state index contributed by atoms with van der Waals surface area (Å²) >= 11 is 0. The molecular weight excluding hydrogens is 314 g/mol. The Labute approximate surface area is 147 Å². The molecular formula is C20H23N3O2. The molecule has 3 aromatic rings. The van der Waals surface area contributed by atoms with Crippen LogP contribution in [0.5, 0.6) is 0 Å². The quantitative estimate of drug-likeness (QED) is 0.683. The topological polar surface area (TPSA) is 62.4 Å². The van der Waals surface area contributed by atoms with Gasteiger partial charge in [-0.15, -0.1) is 0 Å². The molecule has 0 saturated carbocycles. The summed E-state index contributed by atoms with van der Waals surface area (Å²) in [6, 6.07) is 20.8. The zero-order chi connectivity index (χ0) is 17.5. The molecule has 5 heteroatoms. The van der Waals surface area contributed by atoms with E-state index in [1.165, 1.54) is 11.1 Å². The van der Waals surface area contributed by atoms with Crippen molar-refractivity contribution in [2.45, 2.75) is 25.9 Å². The second-order valence-electron chi connectivity index (χ2n) is 6.00. The average molecular weight is 337 g/mol. The second kappa shape index (κ2) is 8.55. The van der Waals surface area contributed by atoms with E-state index in [-0.39, 0.29) is 12.6 Å². The van der Waals surface area contributed by atoms with Crippen LogP contribution in [-0.4, -0.2) is 33.3 Å². The Bertz CT molecular complexity index is 719. The first-order valence-electron chi connectivity index (χ1n) is 8.52. The van der Waals surface area contributed by atoms with Crippen LogP contribution in [0.3, 0.4) is 0 Å². The highest BCUT2D eigenvalue weighted by Crippen LogP contribution is 2.29. The molecule has 0 aliphatic carbocycles. The monoisotopic (exact) mass is 337 g/mol. The van der Waals surface area contributed by atoms with Gasteiger partial charge in [0, 0.05) is 20.1 Å². The highest BCUT2D eigenvalue weighted by Gasteiger charge is 2.23. The van der Waals surface area contributed by atoms with Gasteiger partial charge in [0.25, 0.3) is 0 Å². The maximum atomic E-state index is 9.33. The Kier molecular flexibility index (Phi) is 5.93. The molecule has 0 aliphatic heterocycles. The summed E-state index contributed by atoms with van der Waals surface area (Å²) in [4.78, 5) is 6.63. The molecule has 0 bridgehead atoms. The summed E-state index contributed by atoms with van der Waals surface area (Å²) in [5, 5.41) is 13.4. The first-order chi connectivity index (χ1) is 12.3.